The second-order valence-corrected chi connectivity index (χ2v) is 6.91. The standard InChI is InChI=1S/C19H28N2O2.ClH/c20-16-6-4-12-21(14-16)19(22)11-10-15-5-3-9-18(13-15)23-17-7-1-2-8-17;/h3,5,9,13,16-17H,1-2,4,6-8,10-12,14,20H2;1H. The number of hydrogen-bond donors (Lipinski definition) is 1. The predicted octanol–water partition coefficient (Wildman–Crippen LogP) is 3.31. The average Bonchev–Trinajstić information content (AvgIpc) is 3.06. The van der Waals surface area contributed by atoms with Crippen LogP contribution in [0.15, 0.2) is 24.3 Å². The molecular weight excluding hydrogens is 324 g/mol. The fraction of sp³-hybridized carbons (Fsp3) is 0.632. The summed E-state index contributed by atoms with van der Waals surface area (Å²) in [5, 5.41) is 0. The Labute approximate surface area is 151 Å². The number of halogens is 1. The van der Waals surface area contributed by atoms with Gasteiger partial charge in [-0.3, -0.25) is 4.79 Å². The first-order valence-electron chi connectivity index (χ1n) is 8.99. The molecule has 0 spiro atoms. The van der Waals surface area contributed by atoms with Gasteiger partial charge in [-0.2, -0.15) is 0 Å². The van der Waals surface area contributed by atoms with Gasteiger partial charge >= 0.3 is 0 Å². The molecule has 1 saturated heterocycles. The van der Waals surface area contributed by atoms with Crippen molar-refractivity contribution in [1.29, 1.82) is 0 Å². The van der Waals surface area contributed by atoms with Gasteiger partial charge in [0.15, 0.2) is 0 Å². The molecule has 1 aromatic rings. The highest BCUT2D eigenvalue weighted by Crippen LogP contribution is 2.25. The van der Waals surface area contributed by atoms with E-state index in [0.29, 0.717) is 19.1 Å². The molecule has 1 aliphatic heterocycles. The van der Waals surface area contributed by atoms with Crippen LogP contribution >= 0.6 is 12.4 Å². The minimum Gasteiger partial charge on any atom is -0.490 e. The van der Waals surface area contributed by atoms with E-state index in [-0.39, 0.29) is 24.4 Å². The largest absolute Gasteiger partial charge is 0.490 e. The summed E-state index contributed by atoms with van der Waals surface area (Å²) in [5.41, 5.74) is 7.13. The molecule has 24 heavy (non-hydrogen) atoms. The SMILES string of the molecule is Cl.NC1CCCN(C(=O)CCc2cccc(OC3CCCC3)c2)C1. The second kappa shape index (κ2) is 9.28. The van der Waals surface area contributed by atoms with E-state index in [0.717, 1.165) is 44.4 Å². The van der Waals surface area contributed by atoms with Gasteiger partial charge in [0.1, 0.15) is 5.75 Å². The molecule has 4 nitrogen and oxygen atoms in total. The van der Waals surface area contributed by atoms with Crippen molar-refractivity contribution in [2.75, 3.05) is 13.1 Å². The van der Waals surface area contributed by atoms with Crippen molar-refractivity contribution in [3.8, 4) is 5.75 Å². The lowest BCUT2D eigenvalue weighted by atomic mass is 10.0. The molecule has 1 amide bonds. The zero-order valence-electron chi connectivity index (χ0n) is 14.3. The van der Waals surface area contributed by atoms with Gasteiger partial charge in [-0.1, -0.05) is 12.1 Å². The summed E-state index contributed by atoms with van der Waals surface area (Å²) < 4.78 is 6.04. The van der Waals surface area contributed by atoms with E-state index < -0.39 is 0 Å². The van der Waals surface area contributed by atoms with Crippen molar-refractivity contribution in [3.05, 3.63) is 29.8 Å². The zero-order chi connectivity index (χ0) is 16.1. The lowest BCUT2D eigenvalue weighted by Gasteiger charge is -2.30. The summed E-state index contributed by atoms with van der Waals surface area (Å²) >= 11 is 0. The summed E-state index contributed by atoms with van der Waals surface area (Å²) in [6.45, 7) is 1.57. The Morgan fingerprint density at radius 1 is 1.21 bits per heavy atom. The molecule has 1 aromatic carbocycles. The number of piperidine rings is 1. The molecule has 0 radical (unpaired) electrons. The number of hydrogen-bond acceptors (Lipinski definition) is 3. The van der Waals surface area contributed by atoms with Gasteiger partial charge in [-0.25, -0.2) is 0 Å². The first-order chi connectivity index (χ1) is 11.2. The quantitative estimate of drug-likeness (QED) is 0.884. The average molecular weight is 353 g/mol. The Hall–Kier alpha value is -1.26. The summed E-state index contributed by atoms with van der Waals surface area (Å²) in [6.07, 6.45) is 8.64. The minimum absolute atomic E-state index is 0. The van der Waals surface area contributed by atoms with Crippen LogP contribution in [0.2, 0.25) is 0 Å². The Kier molecular flexibility index (Phi) is 7.38. The maximum absolute atomic E-state index is 12.3. The van der Waals surface area contributed by atoms with Gasteiger partial charge in [-0.15, -0.1) is 12.4 Å². The van der Waals surface area contributed by atoms with Gasteiger partial charge in [0.25, 0.3) is 0 Å². The van der Waals surface area contributed by atoms with E-state index in [4.69, 9.17) is 10.5 Å². The number of aryl methyl sites for hydroxylation is 1. The Balaban J connectivity index is 0.00000208. The molecule has 1 unspecified atom stereocenters. The van der Waals surface area contributed by atoms with E-state index in [9.17, 15) is 4.79 Å². The lowest BCUT2D eigenvalue weighted by Crippen LogP contribution is -2.45. The summed E-state index contributed by atoms with van der Waals surface area (Å²) in [4.78, 5) is 14.2. The zero-order valence-corrected chi connectivity index (χ0v) is 15.1. The van der Waals surface area contributed by atoms with Crippen molar-refractivity contribution in [2.45, 2.75) is 63.5 Å². The monoisotopic (exact) mass is 352 g/mol. The van der Waals surface area contributed by atoms with Crippen molar-refractivity contribution in [3.63, 3.8) is 0 Å². The maximum atomic E-state index is 12.3. The Morgan fingerprint density at radius 2 is 2.00 bits per heavy atom. The van der Waals surface area contributed by atoms with Crippen LogP contribution in [0, 0.1) is 0 Å². The van der Waals surface area contributed by atoms with Crippen molar-refractivity contribution in [1.82, 2.24) is 4.90 Å². The highest BCUT2D eigenvalue weighted by atomic mass is 35.5. The van der Waals surface area contributed by atoms with Gasteiger partial charge < -0.3 is 15.4 Å². The molecule has 3 rings (SSSR count). The number of amides is 1. The summed E-state index contributed by atoms with van der Waals surface area (Å²) in [6, 6.07) is 8.37. The van der Waals surface area contributed by atoms with Crippen LogP contribution < -0.4 is 10.5 Å². The molecule has 5 heteroatoms. The number of likely N-dealkylation sites (tertiary alicyclic amines) is 1. The second-order valence-electron chi connectivity index (χ2n) is 6.91. The molecule has 2 N–H and O–H groups in total. The van der Waals surface area contributed by atoms with E-state index >= 15 is 0 Å². The number of carbonyl (C=O) groups excluding carboxylic acids is 1. The van der Waals surface area contributed by atoms with E-state index in [2.05, 4.69) is 12.1 Å². The maximum Gasteiger partial charge on any atom is 0.222 e. The molecule has 0 aromatic heterocycles. The fourth-order valence-corrected chi connectivity index (χ4v) is 3.62. The Morgan fingerprint density at radius 3 is 2.75 bits per heavy atom. The first kappa shape index (κ1) is 19.1. The molecule has 2 fully saturated rings. The van der Waals surface area contributed by atoms with Crippen molar-refractivity contribution >= 4 is 18.3 Å². The normalized spacial score (nSPS) is 21.4. The number of benzene rings is 1. The smallest absolute Gasteiger partial charge is 0.222 e. The third-order valence-electron chi connectivity index (χ3n) is 4.94. The molecule has 1 saturated carbocycles. The van der Waals surface area contributed by atoms with Crippen LogP contribution in [-0.2, 0) is 11.2 Å². The van der Waals surface area contributed by atoms with Gasteiger partial charge in [0.2, 0.25) is 5.91 Å². The number of rotatable bonds is 5. The number of carbonyl (C=O) groups is 1. The lowest BCUT2D eigenvalue weighted by molar-refractivity contribution is -0.132. The number of ether oxygens (including phenoxy) is 1. The number of nitrogens with two attached hydrogens (primary N) is 1. The fourth-order valence-electron chi connectivity index (χ4n) is 3.62. The third-order valence-corrected chi connectivity index (χ3v) is 4.94. The third kappa shape index (κ3) is 5.38. The van der Waals surface area contributed by atoms with Crippen LogP contribution in [0.3, 0.4) is 0 Å². The van der Waals surface area contributed by atoms with Crippen LogP contribution in [0.5, 0.6) is 5.75 Å². The number of nitrogens with zero attached hydrogens (tertiary/aromatic N) is 1. The van der Waals surface area contributed by atoms with Crippen LogP contribution in [-0.4, -0.2) is 36.0 Å². The van der Waals surface area contributed by atoms with E-state index in [1.807, 2.05) is 17.0 Å². The molecule has 134 valence electrons. The van der Waals surface area contributed by atoms with Crippen LogP contribution in [0.1, 0.15) is 50.5 Å². The van der Waals surface area contributed by atoms with Crippen molar-refractivity contribution in [2.24, 2.45) is 5.73 Å². The molecule has 1 aliphatic carbocycles. The van der Waals surface area contributed by atoms with Gasteiger partial charge in [0, 0.05) is 25.6 Å². The van der Waals surface area contributed by atoms with E-state index in [1.165, 1.54) is 18.4 Å². The molecular formula is C19H29ClN2O2. The molecule has 1 atom stereocenters. The van der Waals surface area contributed by atoms with Crippen LogP contribution in [0.25, 0.3) is 0 Å². The molecule has 2 aliphatic rings. The van der Waals surface area contributed by atoms with Crippen LogP contribution in [0.4, 0.5) is 0 Å². The van der Waals surface area contributed by atoms with Gasteiger partial charge in [-0.05, 0) is 62.6 Å². The highest BCUT2D eigenvalue weighted by Gasteiger charge is 2.21. The first-order valence-corrected chi connectivity index (χ1v) is 8.99. The topological polar surface area (TPSA) is 55.6 Å². The van der Waals surface area contributed by atoms with Gasteiger partial charge in [0.05, 0.1) is 6.10 Å². The Bertz CT molecular complexity index is 532. The minimum atomic E-state index is 0. The molecule has 0 bridgehead atoms. The van der Waals surface area contributed by atoms with Crippen molar-refractivity contribution < 1.29 is 9.53 Å². The summed E-state index contributed by atoms with van der Waals surface area (Å²) in [5.74, 6) is 1.17. The predicted molar refractivity (Wildman–Crippen MR) is 98.7 cm³/mol. The summed E-state index contributed by atoms with van der Waals surface area (Å²) in [7, 11) is 0. The molecule has 1 heterocycles. The van der Waals surface area contributed by atoms with E-state index in [1.54, 1.807) is 0 Å². The highest BCUT2D eigenvalue weighted by molar-refractivity contribution is 5.85.